The minimum atomic E-state index is -4.88. The van der Waals surface area contributed by atoms with Gasteiger partial charge in [0.2, 0.25) is 0 Å². The Labute approximate surface area is 307 Å². The molecular formula is C37H73O13P. The molecule has 51 heavy (non-hydrogen) atoms. The molecule has 0 saturated heterocycles. The van der Waals surface area contributed by atoms with Crippen LogP contribution in [0.25, 0.3) is 0 Å². The number of carbonyl (C=O) groups excluding carboxylic acids is 2. The summed E-state index contributed by atoms with van der Waals surface area (Å²) in [5, 5.41) is 47.9. The Morgan fingerprint density at radius 2 is 0.902 bits per heavy atom. The Kier molecular flexibility index (Phi) is 32.7. The predicted octanol–water partition coefficient (Wildman–Crippen LogP) is 6.41. The van der Waals surface area contributed by atoms with E-state index in [0.717, 1.165) is 38.5 Å². The number of phosphoric ester groups is 1. The highest BCUT2D eigenvalue weighted by Gasteiger charge is 2.33. The SMILES string of the molecule is CCCCCCCCCCCCCCCC(=O)OC[C@H](COP(=O)(O)OC[C@@H](O)[C@@H](O)[C@H](O)[C@H](O)CO)OC(=O)CCCCCCCCCCC. The molecule has 0 fully saturated rings. The van der Waals surface area contributed by atoms with Gasteiger partial charge in [-0.05, 0) is 12.8 Å². The molecule has 6 N–H and O–H groups in total. The van der Waals surface area contributed by atoms with E-state index in [2.05, 4.69) is 13.8 Å². The molecule has 0 aliphatic rings. The fourth-order valence-electron chi connectivity index (χ4n) is 5.53. The molecule has 0 radical (unpaired) electrons. The number of esters is 2. The van der Waals surface area contributed by atoms with Crippen molar-refractivity contribution in [1.82, 2.24) is 0 Å². The molecule has 0 bridgehead atoms. The van der Waals surface area contributed by atoms with Crippen LogP contribution in [0.2, 0.25) is 0 Å². The van der Waals surface area contributed by atoms with Crippen molar-refractivity contribution in [3.05, 3.63) is 0 Å². The molecule has 0 aromatic heterocycles. The van der Waals surface area contributed by atoms with Crippen LogP contribution in [0.15, 0.2) is 0 Å². The third-order valence-electron chi connectivity index (χ3n) is 8.85. The van der Waals surface area contributed by atoms with Crippen molar-refractivity contribution >= 4 is 19.8 Å². The molecule has 0 aromatic rings. The zero-order chi connectivity index (χ0) is 38.2. The number of unbranched alkanes of at least 4 members (excludes halogenated alkanes) is 20. The normalized spacial score (nSPS) is 15.8. The van der Waals surface area contributed by atoms with Gasteiger partial charge in [0.05, 0.1) is 19.8 Å². The number of hydrogen-bond acceptors (Lipinski definition) is 12. The highest BCUT2D eigenvalue weighted by atomic mass is 31.2. The second kappa shape index (κ2) is 33.4. The minimum Gasteiger partial charge on any atom is -0.462 e. The van der Waals surface area contributed by atoms with E-state index in [4.69, 9.17) is 23.6 Å². The maximum Gasteiger partial charge on any atom is 0.472 e. The van der Waals surface area contributed by atoms with Gasteiger partial charge in [0.1, 0.15) is 31.0 Å². The Morgan fingerprint density at radius 1 is 0.529 bits per heavy atom. The lowest BCUT2D eigenvalue weighted by Gasteiger charge is -2.26. The van der Waals surface area contributed by atoms with Gasteiger partial charge in [-0.25, -0.2) is 4.57 Å². The van der Waals surface area contributed by atoms with Crippen LogP contribution in [0.4, 0.5) is 0 Å². The first-order chi connectivity index (χ1) is 24.5. The van der Waals surface area contributed by atoms with E-state index in [-0.39, 0.29) is 12.8 Å². The van der Waals surface area contributed by atoms with Crippen molar-refractivity contribution in [2.24, 2.45) is 0 Å². The fourth-order valence-corrected chi connectivity index (χ4v) is 6.30. The lowest BCUT2D eigenvalue weighted by molar-refractivity contribution is -0.161. The minimum absolute atomic E-state index is 0.124. The van der Waals surface area contributed by atoms with Crippen LogP contribution in [0.1, 0.15) is 168 Å². The summed E-state index contributed by atoms with van der Waals surface area (Å²) in [4.78, 5) is 35.1. The molecule has 0 saturated carbocycles. The molecule has 0 aromatic carbocycles. The van der Waals surface area contributed by atoms with Crippen LogP contribution in [0.3, 0.4) is 0 Å². The first-order valence-corrected chi connectivity index (χ1v) is 21.3. The highest BCUT2D eigenvalue weighted by molar-refractivity contribution is 7.47. The van der Waals surface area contributed by atoms with Gasteiger partial charge in [-0.3, -0.25) is 18.6 Å². The molecule has 0 aliphatic carbocycles. The van der Waals surface area contributed by atoms with Gasteiger partial charge in [-0.1, -0.05) is 142 Å². The van der Waals surface area contributed by atoms with E-state index in [1.807, 2.05) is 0 Å². The summed E-state index contributed by atoms with van der Waals surface area (Å²) in [7, 11) is -4.88. The average Bonchev–Trinajstić information content (AvgIpc) is 3.11. The van der Waals surface area contributed by atoms with Crippen LogP contribution >= 0.6 is 7.82 Å². The second-order valence-electron chi connectivity index (χ2n) is 13.7. The number of phosphoric acid groups is 1. The summed E-state index contributed by atoms with van der Waals surface area (Å²) in [5.41, 5.74) is 0. The van der Waals surface area contributed by atoms with Crippen LogP contribution in [-0.2, 0) is 32.7 Å². The lowest BCUT2D eigenvalue weighted by Crippen LogP contribution is -2.47. The van der Waals surface area contributed by atoms with E-state index in [1.165, 1.54) is 89.9 Å². The zero-order valence-electron chi connectivity index (χ0n) is 31.7. The van der Waals surface area contributed by atoms with Gasteiger partial charge >= 0.3 is 19.8 Å². The predicted molar refractivity (Wildman–Crippen MR) is 196 cm³/mol. The maximum atomic E-state index is 12.6. The summed E-state index contributed by atoms with van der Waals surface area (Å²) in [5.74, 6) is -1.05. The van der Waals surface area contributed by atoms with Crippen molar-refractivity contribution in [2.45, 2.75) is 198 Å². The number of carbonyl (C=O) groups is 2. The number of ether oxygens (including phenoxy) is 2. The van der Waals surface area contributed by atoms with Gasteiger partial charge in [0.15, 0.2) is 6.10 Å². The topological polar surface area (TPSA) is 210 Å². The lowest BCUT2D eigenvalue weighted by atomic mass is 10.0. The summed E-state index contributed by atoms with van der Waals surface area (Å²) >= 11 is 0. The molecule has 0 heterocycles. The summed E-state index contributed by atoms with van der Waals surface area (Å²) in [6.07, 6.45) is 16.4. The largest absolute Gasteiger partial charge is 0.472 e. The molecule has 0 rings (SSSR count). The number of aliphatic hydroxyl groups is 5. The molecular weight excluding hydrogens is 683 g/mol. The van der Waals surface area contributed by atoms with Crippen LogP contribution in [0, 0.1) is 0 Å². The quantitative estimate of drug-likeness (QED) is 0.0230. The molecule has 0 spiro atoms. The Morgan fingerprint density at radius 3 is 1.33 bits per heavy atom. The van der Waals surface area contributed by atoms with Gasteiger partial charge in [0.25, 0.3) is 0 Å². The van der Waals surface area contributed by atoms with Crippen LogP contribution in [-0.4, -0.2) is 99.3 Å². The van der Waals surface area contributed by atoms with Crippen molar-refractivity contribution in [3.8, 4) is 0 Å². The van der Waals surface area contributed by atoms with E-state index in [0.29, 0.717) is 12.8 Å². The maximum absolute atomic E-state index is 12.6. The Hall–Kier alpha value is -1.15. The van der Waals surface area contributed by atoms with Crippen molar-refractivity contribution in [1.29, 1.82) is 0 Å². The fraction of sp³-hybridized carbons (Fsp3) is 0.946. The van der Waals surface area contributed by atoms with Gasteiger partial charge in [-0.2, -0.15) is 0 Å². The number of hydrogen-bond donors (Lipinski definition) is 6. The van der Waals surface area contributed by atoms with E-state index < -0.39 is 76.7 Å². The third-order valence-corrected chi connectivity index (χ3v) is 9.81. The Bertz CT molecular complexity index is 877. The average molecular weight is 757 g/mol. The van der Waals surface area contributed by atoms with E-state index >= 15 is 0 Å². The van der Waals surface area contributed by atoms with Crippen molar-refractivity contribution < 1.29 is 63.1 Å². The monoisotopic (exact) mass is 756 g/mol. The molecule has 304 valence electrons. The highest BCUT2D eigenvalue weighted by Crippen LogP contribution is 2.43. The zero-order valence-corrected chi connectivity index (χ0v) is 32.6. The first kappa shape index (κ1) is 49.9. The smallest absolute Gasteiger partial charge is 0.462 e. The van der Waals surface area contributed by atoms with Gasteiger partial charge in [0, 0.05) is 12.8 Å². The molecule has 14 heteroatoms. The molecule has 6 atom stereocenters. The summed E-state index contributed by atoms with van der Waals surface area (Å²) in [6.45, 7) is 1.49. The third kappa shape index (κ3) is 29.9. The van der Waals surface area contributed by atoms with E-state index in [9.17, 15) is 39.5 Å². The summed E-state index contributed by atoms with van der Waals surface area (Å²) in [6, 6.07) is 0. The van der Waals surface area contributed by atoms with Crippen LogP contribution < -0.4 is 0 Å². The standard InChI is InChI=1S/C37H73O13P/c1-3-5-7-9-11-13-14-15-16-18-19-21-23-25-34(41)47-28-31(50-35(42)26-24-22-20-17-12-10-8-6-4-2)29-48-51(45,46)49-30-33(40)37(44)36(43)32(39)27-38/h31-33,36-40,43-44H,3-30H2,1-2H3,(H,45,46)/t31-,32-,33-,36-,37-/m1/s1. The Balaban J connectivity index is 4.67. The summed E-state index contributed by atoms with van der Waals surface area (Å²) < 4.78 is 32.8. The number of aliphatic hydroxyl groups excluding tert-OH is 5. The molecule has 0 amide bonds. The van der Waals surface area contributed by atoms with Crippen molar-refractivity contribution in [3.63, 3.8) is 0 Å². The second-order valence-corrected chi connectivity index (χ2v) is 15.2. The first-order valence-electron chi connectivity index (χ1n) is 19.8. The number of rotatable bonds is 37. The van der Waals surface area contributed by atoms with Gasteiger partial charge < -0.3 is 39.9 Å². The molecule has 1 unspecified atom stereocenters. The van der Waals surface area contributed by atoms with E-state index in [1.54, 1.807) is 0 Å². The molecule has 13 nitrogen and oxygen atoms in total. The van der Waals surface area contributed by atoms with Crippen molar-refractivity contribution in [2.75, 3.05) is 26.4 Å². The van der Waals surface area contributed by atoms with Crippen LogP contribution in [0.5, 0.6) is 0 Å². The molecule has 0 aliphatic heterocycles. The van der Waals surface area contributed by atoms with Gasteiger partial charge in [-0.15, -0.1) is 0 Å².